The summed E-state index contributed by atoms with van der Waals surface area (Å²) in [6.07, 6.45) is 0. The van der Waals surface area contributed by atoms with Gasteiger partial charge in [-0.2, -0.15) is 0 Å². The van der Waals surface area contributed by atoms with E-state index in [1.807, 2.05) is 25.2 Å². The number of carbonyl (C=O) groups excluding carboxylic acids is 1. The Labute approximate surface area is 161 Å². The van der Waals surface area contributed by atoms with Crippen LogP contribution in [0.1, 0.15) is 10.4 Å². The highest BCUT2D eigenvalue weighted by atomic mass is 35.5. The topological polar surface area (TPSA) is 72.9 Å². The number of nitrogens with zero attached hydrogens (tertiary/aromatic N) is 2. The number of anilines is 2. The number of benzene rings is 2. The van der Waals surface area contributed by atoms with Crippen LogP contribution in [0.5, 0.6) is 0 Å². The lowest BCUT2D eigenvalue weighted by molar-refractivity contribution is 0.102. The second kappa shape index (κ2) is 6.78. The van der Waals surface area contributed by atoms with Crippen LogP contribution >= 0.6 is 11.6 Å². The molecule has 6 heteroatoms. The first kappa shape index (κ1) is 17.1. The monoisotopic (exact) mass is 376 g/mol. The normalized spacial score (nSPS) is 10.9. The van der Waals surface area contributed by atoms with Crippen LogP contribution in [0.2, 0.25) is 5.02 Å². The van der Waals surface area contributed by atoms with Gasteiger partial charge in [0, 0.05) is 34.1 Å². The SMILES string of the molecule is Cn1c(-c2ccc(NC(=O)c3ccc(Cl)cc3)nc2N)cc2ccccc21. The minimum atomic E-state index is -0.268. The summed E-state index contributed by atoms with van der Waals surface area (Å²) < 4.78 is 2.08. The Kier molecular flexibility index (Phi) is 4.30. The number of fused-ring (bicyclic) bond motifs is 1. The molecular formula is C21H17ClN4O. The number of halogens is 1. The van der Waals surface area contributed by atoms with Crippen LogP contribution < -0.4 is 11.1 Å². The third kappa shape index (κ3) is 3.25. The Morgan fingerprint density at radius 1 is 1.07 bits per heavy atom. The summed E-state index contributed by atoms with van der Waals surface area (Å²) in [4.78, 5) is 16.7. The van der Waals surface area contributed by atoms with Crippen molar-refractivity contribution in [2.45, 2.75) is 0 Å². The maximum atomic E-state index is 12.3. The molecule has 0 radical (unpaired) electrons. The second-order valence-electron chi connectivity index (χ2n) is 6.24. The summed E-state index contributed by atoms with van der Waals surface area (Å²) in [6, 6.07) is 20.5. The van der Waals surface area contributed by atoms with Crippen molar-refractivity contribution < 1.29 is 4.79 Å². The van der Waals surface area contributed by atoms with E-state index in [-0.39, 0.29) is 5.91 Å². The first-order chi connectivity index (χ1) is 13.0. The van der Waals surface area contributed by atoms with Crippen LogP contribution in [0.15, 0.2) is 66.7 Å². The zero-order valence-electron chi connectivity index (χ0n) is 14.6. The van der Waals surface area contributed by atoms with Crippen molar-refractivity contribution in [1.82, 2.24) is 9.55 Å². The molecule has 0 unspecified atom stereocenters. The minimum Gasteiger partial charge on any atom is -0.383 e. The number of nitrogens with two attached hydrogens (primary N) is 1. The number of aromatic nitrogens is 2. The van der Waals surface area contributed by atoms with E-state index in [0.717, 1.165) is 22.2 Å². The molecule has 0 aliphatic heterocycles. The molecule has 0 fully saturated rings. The fraction of sp³-hybridized carbons (Fsp3) is 0.0476. The second-order valence-corrected chi connectivity index (χ2v) is 6.67. The Morgan fingerprint density at radius 3 is 2.52 bits per heavy atom. The number of pyridine rings is 1. The van der Waals surface area contributed by atoms with Gasteiger partial charge in [0.15, 0.2) is 0 Å². The number of aryl methyl sites for hydroxylation is 1. The predicted octanol–water partition coefficient (Wildman–Crippen LogP) is 4.73. The highest BCUT2D eigenvalue weighted by Gasteiger charge is 2.13. The van der Waals surface area contributed by atoms with Crippen LogP contribution in [0, 0.1) is 0 Å². The summed E-state index contributed by atoms with van der Waals surface area (Å²) in [5.74, 6) is 0.487. The number of hydrogen-bond acceptors (Lipinski definition) is 3. The molecular weight excluding hydrogens is 360 g/mol. The molecule has 2 aromatic carbocycles. The Bertz CT molecular complexity index is 1150. The van der Waals surface area contributed by atoms with Gasteiger partial charge in [0.05, 0.1) is 5.69 Å². The lowest BCUT2D eigenvalue weighted by Crippen LogP contribution is -2.13. The van der Waals surface area contributed by atoms with Crippen molar-refractivity contribution in [3.05, 3.63) is 77.3 Å². The molecule has 2 aromatic heterocycles. The third-order valence-corrected chi connectivity index (χ3v) is 4.75. The van der Waals surface area contributed by atoms with E-state index >= 15 is 0 Å². The third-order valence-electron chi connectivity index (χ3n) is 4.50. The molecule has 2 heterocycles. The van der Waals surface area contributed by atoms with Crippen molar-refractivity contribution in [1.29, 1.82) is 0 Å². The number of hydrogen-bond donors (Lipinski definition) is 2. The fourth-order valence-corrected chi connectivity index (χ4v) is 3.22. The molecule has 0 saturated heterocycles. The van der Waals surface area contributed by atoms with E-state index < -0.39 is 0 Å². The summed E-state index contributed by atoms with van der Waals surface area (Å²) >= 11 is 5.85. The Balaban J connectivity index is 1.63. The van der Waals surface area contributed by atoms with Crippen LogP contribution in [0.25, 0.3) is 22.2 Å². The van der Waals surface area contributed by atoms with E-state index in [1.165, 1.54) is 0 Å². The van der Waals surface area contributed by atoms with Crippen molar-refractivity contribution in [3.63, 3.8) is 0 Å². The average molecular weight is 377 g/mol. The first-order valence-corrected chi connectivity index (χ1v) is 8.79. The van der Waals surface area contributed by atoms with Gasteiger partial charge in [-0.25, -0.2) is 4.98 Å². The first-order valence-electron chi connectivity index (χ1n) is 8.41. The highest BCUT2D eigenvalue weighted by Crippen LogP contribution is 2.31. The molecule has 0 aliphatic carbocycles. The standard InChI is InChI=1S/C21H17ClN4O/c1-26-17-5-3-2-4-14(17)12-18(26)16-10-11-19(24-20(16)23)25-21(27)13-6-8-15(22)9-7-13/h2-12H,1H3,(H3,23,24,25,27). The van der Waals surface area contributed by atoms with Crippen molar-refractivity contribution in [3.8, 4) is 11.3 Å². The quantitative estimate of drug-likeness (QED) is 0.543. The molecule has 3 N–H and O–H groups in total. The largest absolute Gasteiger partial charge is 0.383 e. The van der Waals surface area contributed by atoms with E-state index in [4.69, 9.17) is 17.3 Å². The van der Waals surface area contributed by atoms with Gasteiger partial charge in [0.2, 0.25) is 0 Å². The molecule has 4 aromatic rings. The van der Waals surface area contributed by atoms with Crippen molar-refractivity contribution >= 4 is 40.0 Å². The predicted molar refractivity (Wildman–Crippen MR) is 110 cm³/mol. The Morgan fingerprint density at radius 2 is 1.81 bits per heavy atom. The molecule has 0 saturated carbocycles. The number of carbonyl (C=O) groups is 1. The van der Waals surface area contributed by atoms with Gasteiger partial charge in [0.25, 0.3) is 5.91 Å². The summed E-state index contributed by atoms with van der Waals surface area (Å²) in [7, 11) is 1.99. The number of nitrogens with one attached hydrogen (secondary N) is 1. The molecule has 1 amide bonds. The number of amides is 1. The van der Waals surface area contributed by atoms with Gasteiger partial charge in [0.1, 0.15) is 11.6 Å². The lowest BCUT2D eigenvalue weighted by atomic mass is 10.1. The highest BCUT2D eigenvalue weighted by molar-refractivity contribution is 6.30. The molecule has 134 valence electrons. The van der Waals surface area contributed by atoms with Gasteiger partial charge >= 0.3 is 0 Å². The van der Waals surface area contributed by atoms with Crippen LogP contribution in [0.3, 0.4) is 0 Å². The number of para-hydroxylation sites is 1. The smallest absolute Gasteiger partial charge is 0.256 e. The van der Waals surface area contributed by atoms with Crippen molar-refractivity contribution in [2.75, 3.05) is 11.1 Å². The van der Waals surface area contributed by atoms with E-state index in [1.54, 1.807) is 30.3 Å². The van der Waals surface area contributed by atoms with Gasteiger partial charge in [-0.3, -0.25) is 4.79 Å². The zero-order chi connectivity index (χ0) is 19.0. The van der Waals surface area contributed by atoms with E-state index in [9.17, 15) is 4.79 Å². The molecule has 27 heavy (non-hydrogen) atoms. The fourth-order valence-electron chi connectivity index (χ4n) is 3.10. The van der Waals surface area contributed by atoms with E-state index in [0.29, 0.717) is 22.2 Å². The molecule has 5 nitrogen and oxygen atoms in total. The minimum absolute atomic E-state index is 0.268. The van der Waals surface area contributed by atoms with Crippen molar-refractivity contribution in [2.24, 2.45) is 7.05 Å². The Hall–Kier alpha value is -3.31. The van der Waals surface area contributed by atoms with E-state index in [2.05, 4.69) is 33.1 Å². The van der Waals surface area contributed by atoms with Gasteiger partial charge < -0.3 is 15.6 Å². The molecule has 0 atom stereocenters. The maximum absolute atomic E-state index is 12.3. The van der Waals surface area contributed by atoms with Crippen LogP contribution in [-0.4, -0.2) is 15.5 Å². The summed E-state index contributed by atoms with van der Waals surface area (Å²) in [6.45, 7) is 0. The number of rotatable bonds is 3. The summed E-state index contributed by atoms with van der Waals surface area (Å²) in [5.41, 5.74) is 9.59. The molecule has 0 aliphatic rings. The molecule has 4 rings (SSSR count). The van der Waals surface area contributed by atoms with Gasteiger partial charge in [-0.15, -0.1) is 0 Å². The lowest BCUT2D eigenvalue weighted by Gasteiger charge is -2.10. The average Bonchev–Trinajstić information content (AvgIpc) is 2.99. The number of nitrogen functional groups attached to an aromatic ring is 1. The zero-order valence-corrected chi connectivity index (χ0v) is 15.4. The van der Waals surface area contributed by atoms with Gasteiger partial charge in [-0.05, 0) is 48.5 Å². The van der Waals surface area contributed by atoms with Gasteiger partial charge in [-0.1, -0.05) is 29.8 Å². The summed E-state index contributed by atoms with van der Waals surface area (Å²) in [5, 5.41) is 4.47. The molecule has 0 spiro atoms. The van der Waals surface area contributed by atoms with Crippen LogP contribution in [-0.2, 0) is 7.05 Å². The van der Waals surface area contributed by atoms with Crippen LogP contribution in [0.4, 0.5) is 11.6 Å². The molecule has 0 bridgehead atoms. The maximum Gasteiger partial charge on any atom is 0.256 e.